The van der Waals surface area contributed by atoms with Crippen LogP contribution in [0.4, 0.5) is 39.0 Å². The molecule has 1 saturated heterocycles. The van der Waals surface area contributed by atoms with Crippen molar-refractivity contribution >= 4 is 44.4 Å². The molecule has 0 spiro atoms. The van der Waals surface area contributed by atoms with Gasteiger partial charge in [0.2, 0.25) is 12.8 Å². The SMILES string of the molecule is CN(C)CC(=O)N1CCC(Nc2cccc3c(CC(F)(F)F)c(C#CCNc4cc(F)c(NCCO)cc4OCF)sc23)CC1. The molecule has 3 aromatic rings. The van der Waals surface area contributed by atoms with Crippen molar-refractivity contribution in [3.63, 3.8) is 0 Å². The fourth-order valence-electron chi connectivity index (χ4n) is 5.08. The number of rotatable bonds is 12. The molecule has 4 rings (SSSR count). The Bertz CT molecular complexity index is 1530. The highest BCUT2D eigenvalue weighted by atomic mass is 32.1. The maximum absolute atomic E-state index is 14.5. The molecule has 2 aromatic carbocycles. The van der Waals surface area contributed by atoms with E-state index in [1.165, 1.54) is 6.07 Å². The molecule has 1 aliphatic rings. The predicted molar refractivity (Wildman–Crippen MR) is 167 cm³/mol. The number of halogens is 5. The molecule has 0 bridgehead atoms. The number of alkyl halides is 4. The average Bonchev–Trinajstić information content (AvgIpc) is 3.32. The summed E-state index contributed by atoms with van der Waals surface area (Å²) in [6.45, 7) is 0.119. The highest BCUT2D eigenvalue weighted by Gasteiger charge is 2.31. The Kier molecular flexibility index (Phi) is 11.7. The Morgan fingerprint density at radius 1 is 1.16 bits per heavy atom. The van der Waals surface area contributed by atoms with Gasteiger partial charge in [-0.15, -0.1) is 11.3 Å². The van der Waals surface area contributed by atoms with Crippen molar-refractivity contribution in [2.24, 2.45) is 0 Å². The largest absolute Gasteiger partial charge is 0.461 e. The van der Waals surface area contributed by atoms with Crippen molar-refractivity contribution in [2.75, 3.05) is 76.2 Å². The summed E-state index contributed by atoms with van der Waals surface area (Å²) in [5.74, 6) is 5.05. The lowest BCUT2D eigenvalue weighted by molar-refractivity contribution is -0.132. The lowest BCUT2D eigenvalue weighted by Crippen LogP contribution is -2.45. The molecular formula is C31H36F5N5O3S. The molecule has 1 fully saturated rings. The summed E-state index contributed by atoms with van der Waals surface area (Å²) in [4.78, 5) is 16.3. The number of nitrogens with one attached hydrogen (secondary N) is 3. The highest BCUT2D eigenvalue weighted by Crippen LogP contribution is 2.39. The fourth-order valence-corrected chi connectivity index (χ4v) is 6.26. The minimum atomic E-state index is -4.46. The molecule has 4 N–H and O–H groups in total. The number of ether oxygens (including phenoxy) is 1. The maximum atomic E-state index is 14.5. The lowest BCUT2D eigenvalue weighted by atomic mass is 10.0. The molecule has 1 aromatic heterocycles. The quantitative estimate of drug-likeness (QED) is 0.156. The summed E-state index contributed by atoms with van der Waals surface area (Å²) < 4.78 is 74.0. The number of anilines is 3. The molecule has 0 radical (unpaired) electrons. The van der Waals surface area contributed by atoms with Gasteiger partial charge in [0.1, 0.15) is 11.6 Å². The van der Waals surface area contributed by atoms with E-state index in [-0.39, 0.29) is 59.2 Å². The van der Waals surface area contributed by atoms with E-state index in [9.17, 15) is 26.7 Å². The minimum absolute atomic E-state index is 0.00405. The molecule has 0 saturated carbocycles. The molecular weight excluding hydrogens is 617 g/mol. The van der Waals surface area contributed by atoms with Crippen LogP contribution in [0.3, 0.4) is 0 Å². The van der Waals surface area contributed by atoms with Crippen molar-refractivity contribution in [2.45, 2.75) is 31.5 Å². The maximum Gasteiger partial charge on any atom is 0.393 e. The van der Waals surface area contributed by atoms with Crippen LogP contribution in [0.1, 0.15) is 23.3 Å². The molecule has 1 aliphatic heterocycles. The third kappa shape index (κ3) is 9.35. The van der Waals surface area contributed by atoms with E-state index in [2.05, 4.69) is 27.8 Å². The van der Waals surface area contributed by atoms with E-state index >= 15 is 0 Å². The van der Waals surface area contributed by atoms with Crippen LogP contribution in [0.2, 0.25) is 0 Å². The number of hydrogen-bond acceptors (Lipinski definition) is 8. The second-order valence-electron chi connectivity index (χ2n) is 10.8. The van der Waals surface area contributed by atoms with Crippen molar-refractivity contribution in [3.05, 3.63) is 46.6 Å². The van der Waals surface area contributed by atoms with Gasteiger partial charge < -0.3 is 35.6 Å². The molecule has 0 unspecified atom stereocenters. The number of thiophene rings is 1. The second kappa shape index (κ2) is 15.5. The summed E-state index contributed by atoms with van der Waals surface area (Å²) in [5.41, 5.74) is 0.916. The van der Waals surface area contributed by atoms with Gasteiger partial charge in [-0.1, -0.05) is 24.0 Å². The Labute approximate surface area is 262 Å². The van der Waals surface area contributed by atoms with Gasteiger partial charge in [0, 0.05) is 37.8 Å². The fraction of sp³-hybridized carbons (Fsp3) is 0.452. The van der Waals surface area contributed by atoms with Gasteiger partial charge in [-0.2, -0.15) is 13.2 Å². The first-order valence-corrected chi connectivity index (χ1v) is 15.2. The monoisotopic (exact) mass is 653 g/mol. The van der Waals surface area contributed by atoms with Crippen molar-refractivity contribution in [1.82, 2.24) is 9.80 Å². The average molecular weight is 654 g/mol. The summed E-state index contributed by atoms with van der Waals surface area (Å²) >= 11 is 1.16. The lowest BCUT2D eigenvalue weighted by Gasteiger charge is -2.33. The summed E-state index contributed by atoms with van der Waals surface area (Å²) in [6, 6.07) is 7.58. The number of amides is 1. The van der Waals surface area contributed by atoms with Crippen LogP contribution < -0.4 is 20.7 Å². The molecule has 0 atom stereocenters. The summed E-state index contributed by atoms with van der Waals surface area (Å²) in [5, 5.41) is 18.4. The topological polar surface area (TPSA) is 89.1 Å². The second-order valence-corrected chi connectivity index (χ2v) is 11.8. The normalized spacial score (nSPS) is 13.9. The first-order chi connectivity index (χ1) is 21.5. The summed E-state index contributed by atoms with van der Waals surface area (Å²) in [6.07, 6.45) is -4.19. The third-order valence-corrected chi connectivity index (χ3v) is 8.33. The van der Waals surface area contributed by atoms with Gasteiger partial charge in [-0.25, -0.2) is 8.78 Å². The summed E-state index contributed by atoms with van der Waals surface area (Å²) in [7, 11) is 3.69. The number of aliphatic hydroxyl groups excluding tert-OH is 1. The van der Waals surface area contributed by atoms with E-state index in [0.717, 1.165) is 17.4 Å². The van der Waals surface area contributed by atoms with Crippen molar-refractivity contribution < 1.29 is 36.6 Å². The number of benzene rings is 2. The molecule has 2 heterocycles. The third-order valence-electron chi connectivity index (χ3n) is 7.13. The van der Waals surface area contributed by atoms with Gasteiger partial charge in [0.05, 0.1) is 52.8 Å². The first kappa shape index (κ1) is 34.1. The van der Waals surface area contributed by atoms with Gasteiger partial charge in [0.25, 0.3) is 0 Å². The standard InChI is InChI=1S/C31H36F5N5O3S/c1-40(2)18-29(43)41-12-8-20(9-13-41)39-24-6-3-5-21-22(17-31(34,35)36)28(45-30(21)24)7-4-10-37-26-15-23(33)25(38-11-14-42)16-27(26)44-19-32/h3,5-6,15-16,20,37-39,42H,8-14,17-19H2,1-2H3. The van der Waals surface area contributed by atoms with E-state index in [4.69, 9.17) is 9.84 Å². The van der Waals surface area contributed by atoms with Crippen LogP contribution in [0.5, 0.6) is 5.75 Å². The number of nitrogens with zero attached hydrogens (tertiary/aromatic N) is 2. The predicted octanol–water partition coefficient (Wildman–Crippen LogP) is 5.28. The van der Waals surface area contributed by atoms with Gasteiger partial charge in [-0.3, -0.25) is 4.79 Å². The zero-order valence-corrected chi connectivity index (χ0v) is 25.8. The number of fused-ring (bicyclic) bond motifs is 1. The number of carbonyl (C=O) groups excluding carboxylic acids is 1. The molecule has 14 heteroatoms. The number of carbonyl (C=O) groups is 1. The first-order valence-electron chi connectivity index (χ1n) is 14.4. The Morgan fingerprint density at radius 2 is 1.91 bits per heavy atom. The zero-order valence-electron chi connectivity index (χ0n) is 25.0. The molecule has 1 amide bonds. The van der Waals surface area contributed by atoms with E-state index in [1.54, 1.807) is 12.1 Å². The van der Waals surface area contributed by atoms with E-state index in [0.29, 0.717) is 48.2 Å². The Balaban J connectivity index is 1.53. The zero-order chi connectivity index (χ0) is 32.6. The van der Waals surface area contributed by atoms with Crippen LogP contribution in [0.25, 0.3) is 10.1 Å². The van der Waals surface area contributed by atoms with Crippen molar-refractivity contribution in [3.8, 4) is 17.6 Å². The van der Waals surface area contributed by atoms with Crippen molar-refractivity contribution in [1.29, 1.82) is 0 Å². The number of hydrogen-bond donors (Lipinski definition) is 4. The van der Waals surface area contributed by atoms with Gasteiger partial charge >= 0.3 is 6.18 Å². The number of aliphatic hydroxyl groups is 1. The Morgan fingerprint density at radius 3 is 2.58 bits per heavy atom. The molecule has 45 heavy (non-hydrogen) atoms. The number of likely N-dealkylation sites (tertiary alicyclic amines) is 1. The molecule has 8 nitrogen and oxygen atoms in total. The molecule has 0 aliphatic carbocycles. The minimum Gasteiger partial charge on any atom is -0.461 e. The van der Waals surface area contributed by atoms with E-state index < -0.39 is 25.3 Å². The van der Waals surface area contributed by atoms with Crippen LogP contribution in [0.15, 0.2) is 30.3 Å². The Hall–Kier alpha value is -3.80. The number of piperidine rings is 1. The smallest absolute Gasteiger partial charge is 0.393 e. The van der Waals surface area contributed by atoms with Crippen LogP contribution in [-0.2, 0) is 11.2 Å². The van der Waals surface area contributed by atoms with Crippen LogP contribution in [-0.4, -0.2) is 93.3 Å². The van der Waals surface area contributed by atoms with Crippen LogP contribution >= 0.6 is 11.3 Å². The number of likely N-dealkylation sites (N-methyl/N-ethyl adjacent to an activating group) is 1. The van der Waals surface area contributed by atoms with E-state index in [1.807, 2.05) is 30.0 Å². The van der Waals surface area contributed by atoms with Gasteiger partial charge in [-0.05, 0) is 44.0 Å². The molecule has 244 valence electrons. The van der Waals surface area contributed by atoms with Gasteiger partial charge in [0.15, 0.2) is 0 Å². The van der Waals surface area contributed by atoms with Crippen LogP contribution in [0, 0.1) is 17.7 Å². The highest BCUT2D eigenvalue weighted by molar-refractivity contribution is 7.20.